The summed E-state index contributed by atoms with van der Waals surface area (Å²) in [6.45, 7) is -4.28. The van der Waals surface area contributed by atoms with Crippen molar-refractivity contribution < 1.29 is 31.5 Å². The first-order valence-corrected chi connectivity index (χ1v) is 10.8. The minimum atomic E-state index is -4.47. The molecular weight excluding hydrogens is 499 g/mol. The maximum Gasteiger partial charge on any atom is 0.405 e. The summed E-state index contributed by atoms with van der Waals surface area (Å²) < 4.78 is 67.7. The van der Waals surface area contributed by atoms with E-state index in [1.165, 1.54) is 40.1 Å². The monoisotopic (exact) mass is 520 g/mol. The van der Waals surface area contributed by atoms with Crippen LogP contribution in [0.3, 0.4) is 0 Å². The number of nitrogen functional groups attached to an aromatic ring is 1. The zero-order chi connectivity index (χ0) is 26.7. The molecule has 4 rings (SSSR count). The number of amides is 2. The van der Waals surface area contributed by atoms with Crippen LogP contribution >= 0.6 is 0 Å². The highest BCUT2D eigenvalue weighted by Gasteiger charge is 2.34. The summed E-state index contributed by atoms with van der Waals surface area (Å²) in [4.78, 5) is 24.6. The first-order chi connectivity index (χ1) is 17.6. The first-order valence-electron chi connectivity index (χ1n) is 10.8. The summed E-state index contributed by atoms with van der Waals surface area (Å²) in [6.07, 6.45) is -2.93. The molecule has 2 aromatic carbocycles. The van der Waals surface area contributed by atoms with Gasteiger partial charge < -0.3 is 15.8 Å². The normalized spacial score (nSPS) is 13.9. The van der Waals surface area contributed by atoms with Gasteiger partial charge in [-0.1, -0.05) is 0 Å². The van der Waals surface area contributed by atoms with Gasteiger partial charge in [0.1, 0.15) is 23.9 Å². The standard InChI is InChI=1S/C24H21F5N6O2/c1-31-11-15-10-17(5-8-19(15)30)34-12-14-2-9-20(32-13-24(27,28)29)33-21(14)35(23(34)36)16-3-6-18(7-4-16)37-22(25)26/h2-11,22H,12-13,30H2,1H3,(H,32,33). The smallest absolute Gasteiger partial charge is 0.405 e. The number of nitrogens with zero attached hydrogens (tertiary/aromatic N) is 4. The number of aromatic nitrogens is 1. The molecule has 0 bridgehead atoms. The van der Waals surface area contributed by atoms with Crippen LogP contribution in [0.4, 0.5) is 55.4 Å². The van der Waals surface area contributed by atoms with Crippen molar-refractivity contribution in [3.8, 4) is 5.75 Å². The Labute approximate surface area is 208 Å². The van der Waals surface area contributed by atoms with E-state index in [2.05, 4.69) is 20.0 Å². The number of nitrogens with one attached hydrogen (secondary N) is 1. The number of carbonyl (C=O) groups is 1. The maximum absolute atomic E-state index is 13.7. The molecule has 1 aliphatic heterocycles. The molecule has 0 radical (unpaired) electrons. The van der Waals surface area contributed by atoms with Gasteiger partial charge in [0.15, 0.2) is 0 Å². The topological polar surface area (TPSA) is 96.1 Å². The van der Waals surface area contributed by atoms with E-state index in [0.29, 0.717) is 22.5 Å². The van der Waals surface area contributed by atoms with Crippen molar-refractivity contribution in [2.45, 2.75) is 19.3 Å². The van der Waals surface area contributed by atoms with Gasteiger partial charge in [-0.15, -0.1) is 0 Å². The van der Waals surface area contributed by atoms with Crippen molar-refractivity contribution in [1.29, 1.82) is 0 Å². The molecule has 0 saturated heterocycles. The van der Waals surface area contributed by atoms with Gasteiger partial charge in [0.2, 0.25) is 0 Å². The Morgan fingerprint density at radius 3 is 2.49 bits per heavy atom. The van der Waals surface area contributed by atoms with Crippen LogP contribution in [0.25, 0.3) is 0 Å². The molecule has 0 saturated carbocycles. The number of anilines is 5. The molecular formula is C24H21F5N6O2. The van der Waals surface area contributed by atoms with Crippen LogP contribution in [-0.2, 0) is 6.54 Å². The molecule has 8 nitrogen and oxygen atoms in total. The third-order valence-electron chi connectivity index (χ3n) is 5.36. The molecule has 2 amide bonds. The molecule has 194 valence electrons. The predicted octanol–water partition coefficient (Wildman–Crippen LogP) is 5.57. The molecule has 0 atom stereocenters. The summed E-state index contributed by atoms with van der Waals surface area (Å²) in [5, 5.41) is 2.20. The number of pyridine rings is 1. The lowest BCUT2D eigenvalue weighted by Crippen LogP contribution is -2.45. The molecule has 37 heavy (non-hydrogen) atoms. The van der Waals surface area contributed by atoms with E-state index in [-0.39, 0.29) is 29.6 Å². The third-order valence-corrected chi connectivity index (χ3v) is 5.36. The fourth-order valence-electron chi connectivity index (χ4n) is 3.72. The van der Waals surface area contributed by atoms with Crippen LogP contribution in [0.1, 0.15) is 11.1 Å². The van der Waals surface area contributed by atoms with Gasteiger partial charge in [-0.25, -0.2) is 14.7 Å². The van der Waals surface area contributed by atoms with E-state index in [1.807, 2.05) is 0 Å². The van der Waals surface area contributed by atoms with Crippen molar-refractivity contribution in [2.24, 2.45) is 4.99 Å². The Morgan fingerprint density at radius 2 is 1.84 bits per heavy atom. The number of hydrogen-bond donors (Lipinski definition) is 2. The Bertz CT molecular complexity index is 1310. The summed E-state index contributed by atoms with van der Waals surface area (Å²) in [5.74, 6) is -0.119. The minimum absolute atomic E-state index is 0.0659. The van der Waals surface area contributed by atoms with Crippen LogP contribution in [-0.4, -0.2) is 43.6 Å². The van der Waals surface area contributed by atoms with Gasteiger partial charge in [0.05, 0.1) is 12.2 Å². The largest absolute Gasteiger partial charge is 0.435 e. The van der Waals surface area contributed by atoms with Gasteiger partial charge in [0, 0.05) is 35.8 Å². The molecule has 1 aromatic heterocycles. The quantitative estimate of drug-likeness (QED) is 0.241. The van der Waals surface area contributed by atoms with E-state index in [4.69, 9.17) is 5.73 Å². The molecule has 1 aliphatic rings. The maximum atomic E-state index is 13.7. The van der Waals surface area contributed by atoms with Gasteiger partial charge in [-0.2, -0.15) is 22.0 Å². The third kappa shape index (κ3) is 5.88. The summed E-state index contributed by atoms with van der Waals surface area (Å²) in [6, 6.07) is 12.6. The second-order valence-corrected chi connectivity index (χ2v) is 7.93. The number of alkyl halides is 5. The van der Waals surface area contributed by atoms with Crippen LogP contribution < -0.4 is 25.6 Å². The minimum Gasteiger partial charge on any atom is -0.435 e. The second kappa shape index (κ2) is 10.3. The van der Waals surface area contributed by atoms with Crippen molar-refractivity contribution in [3.05, 3.63) is 65.7 Å². The lowest BCUT2D eigenvalue weighted by Gasteiger charge is -2.36. The van der Waals surface area contributed by atoms with E-state index >= 15 is 0 Å². The number of halogens is 5. The number of aliphatic imine (C=N–C) groups is 1. The summed E-state index contributed by atoms with van der Waals surface area (Å²) >= 11 is 0. The number of benzene rings is 2. The number of fused-ring (bicyclic) bond motifs is 1. The van der Waals surface area contributed by atoms with Crippen LogP contribution in [0.15, 0.2) is 59.6 Å². The Balaban J connectivity index is 1.77. The SMILES string of the molecule is CN=Cc1cc(N2Cc3ccc(NCC(F)(F)F)nc3N(c3ccc(OC(F)F)cc3)C2=O)ccc1N. The van der Waals surface area contributed by atoms with Crippen LogP contribution in [0, 0.1) is 0 Å². The van der Waals surface area contributed by atoms with Crippen molar-refractivity contribution in [3.63, 3.8) is 0 Å². The zero-order valence-corrected chi connectivity index (χ0v) is 19.3. The van der Waals surface area contributed by atoms with E-state index in [0.717, 1.165) is 0 Å². The number of nitrogens with two attached hydrogens (primary N) is 1. The second-order valence-electron chi connectivity index (χ2n) is 7.93. The zero-order valence-electron chi connectivity index (χ0n) is 19.3. The highest BCUT2D eigenvalue weighted by Crippen LogP contribution is 2.38. The lowest BCUT2D eigenvalue weighted by molar-refractivity contribution is -0.115. The molecule has 0 unspecified atom stereocenters. The average molecular weight is 520 g/mol. The van der Waals surface area contributed by atoms with Crippen molar-refractivity contribution in [2.75, 3.05) is 34.4 Å². The summed E-state index contributed by atoms with van der Waals surface area (Å²) in [7, 11) is 1.58. The first kappa shape index (κ1) is 25.7. The molecule has 0 spiro atoms. The molecule has 3 aromatic rings. The van der Waals surface area contributed by atoms with Crippen molar-refractivity contribution >= 4 is 40.9 Å². The van der Waals surface area contributed by atoms with Crippen molar-refractivity contribution in [1.82, 2.24) is 4.98 Å². The molecule has 0 fully saturated rings. The van der Waals surface area contributed by atoms with E-state index in [1.54, 1.807) is 37.5 Å². The number of carbonyl (C=O) groups excluding carboxylic acids is 1. The van der Waals surface area contributed by atoms with E-state index < -0.39 is 25.4 Å². The highest BCUT2D eigenvalue weighted by atomic mass is 19.4. The van der Waals surface area contributed by atoms with Gasteiger partial charge in [0.25, 0.3) is 0 Å². The molecule has 0 aliphatic carbocycles. The fourth-order valence-corrected chi connectivity index (χ4v) is 3.72. The Morgan fingerprint density at radius 1 is 1.14 bits per heavy atom. The number of rotatable bonds is 7. The highest BCUT2D eigenvalue weighted by molar-refractivity contribution is 6.10. The number of urea groups is 1. The predicted molar refractivity (Wildman–Crippen MR) is 130 cm³/mol. The number of hydrogen-bond acceptors (Lipinski definition) is 6. The average Bonchev–Trinajstić information content (AvgIpc) is 2.84. The van der Waals surface area contributed by atoms with Gasteiger partial charge >= 0.3 is 18.8 Å². The summed E-state index contributed by atoms with van der Waals surface area (Å²) in [5.41, 5.74) is 8.29. The Kier molecular flexibility index (Phi) is 7.14. The van der Waals surface area contributed by atoms with E-state index in [9.17, 15) is 26.7 Å². The molecule has 13 heteroatoms. The van der Waals surface area contributed by atoms with Gasteiger partial charge in [-0.3, -0.25) is 9.89 Å². The van der Waals surface area contributed by atoms with Crippen LogP contribution in [0.2, 0.25) is 0 Å². The fraction of sp³-hybridized carbons (Fsp3) is 0.208. The lowest BCUT2D eigenvalue weighted by atomic mass is 10.1. The molecule has 3 N–H and O–H groups in total. The van der Waals surface area contributed by atoms with Gasteiger partial charge in [-0.05, 0) is 54.6 Å². The molecule has 2 heterocycles. The Hall–Kier alpha value is -4.42. The number of ether oxygens (including phenoxy) is 1. The van der Waals surface area contributed by atoms with Crippen LogP contribution in [0.5, 0.6) is 5.75 Å².